The molecule has 0 unspecified atom stereocenters. The highest BCUT2D eigenvalue weighted by molar-refractivity contribution is 5.66. The Morgan fingerprint density at radius 2 is 1.59 bits per heavy atom. The van der Waals surface area contributed by atoms with Crippen molar-refractivity contribution < 1.29 is 4.57 Å². The summed E-state index contributed by atoms with van der Waals surface area (Å²) in [6.07, 6.45) is 0. The maximum Gasteiger partial charge on any atom is 0.231 e. The number of fused-ring (bicyclic) bond motifs is 1. The van der Waals surface area contributed by atoms with E-state index >= 15 is 0 Å². The number of rotatable bonds is 2. The third kappa shape index (κ3) is 2.51. The first-order valence-electron chi connectivity index (χ1n) is 9.39. The summed E-state index contributed by atoms with van der Waals surface area (Å²) in [5.41, 5.74) is 11.0. The van der Waals surface area contributed by atoms with Gasteiger partial charge in [-0.2, -0.15) is 4.57 Å². The van der Waals surface area contributed by atoms with Gasteiger partial charge in [-0.3, -0.25) is 4.40 Å². The molecule has 4 rings (SSSR count). The van der Waals surface area contributed by atoms with Crippen molar-refractivity contribution in [1.29, 1.82) is 0 Å². The summed E-state index contributed by atoms with van der Waals surface area (Å²) in [4.78, 5) is 4.77. The molecule has 4 heteroatoms. The van der Waals surface area contributed by atoms with E-state index in [9.17, 15) is 0 Å². The topological polar surface area (TPSA) is 26.1 Å². The Kier molecular flexibility index (Phi) is 3.95. The van der Waals surface area contributed by atoms with Crippen molar-refractivity contribution in [2.45, 2.75) is 34.6 Å². The van der Waals surface area contributed by atoms with Gasteiger partial charge in [0.1, 0.15) is 12.7 Å². The van der Waals surface area contributed by atoms with Gasteiger partial charge in [-0.15, -0.1) is 0 Å². The molecule has 27 heavy (non-hydrogen) atoms. The van der Waals surface area contributed by atoms with Crippen LogP contribution in [0.15, 0.2) is 36.4 Å². The molecule has 0 fully saturated rings. The highest BCUT2D eigenvalue weighted by Crippen LogP contribution is 2.28. The van der Waals surface area contributed by atoms with Crippen LogP contribution in [0.5, 0.6) is 0 Å². The number of aromatic nitrogens is 4. The third-order valence-electron chi connectivity index (χ3n) is 5.77. The molecule has 0 saturated heterocycles. The van der Waals surface area contributed by atoms with Crippen LogP contribution in [0.25, 0.3) is 28.4 Å². The number of imidazole rings is 2. The average molecular weight is 359 g/mol. The molecular formula is C23H27N4+. The second kappa shape index (κ2) is 6.08. The lowest BCUT2D eigenvalue weighted by atomic mass is 10.0. The number of hydrogen-bond donors (Lipinski definition) is 0. The van der Waals surface area contributed by atoms with Gasteiger partial charge in [0, 0.05) is 30.4 Å². The van der Waals surface area contributed by atoms with E-state index < -0.39 is 0 Å². The van der Waals surface area contributed by atoms with Crippen LogP contribution >= 0.6 is 0 Å². The van der Waals surface area contributed by atoms with E-state index in [1.165, 1.54) is 45.2 Å². The first-order chi connectivity index (χ1) is 12.8. The van der Waals surface area contributed by atoms with Gasteiger partial charge in [-0.1, -0.05) is 17.7 Å². The number of nitrogens with zero attached hydrogens (tertiary/aromatic N) is 4. The Morgan fingerprint density at radius 1 is 0.889 bits per heavy atom. The summed E-state index contributed by atoms with van der Waals surface area (Å²) in [5, 5.41) is 0. The fourth-order valence-electron chi connectivity index (χ4n) is 4.22. The maximum absolute atomic E-state index is 4.77. The molecule has 4 aromatic rings. The van der Waals surface area contributed by atoms with Gasteiger partial charge >= 0.3 is 0 Å². The van der Waals surface area contributed by atoms with Gasteiger partial charge < -0.3 is 4.57 Å². The molecule has 0 atom stereocenters. The minimum absolute atomic E-state index is 0.995. The molecule has 0 spiro atoms. The molecule has 0 aliphatic rings. The van der Waals surface area contributed by atoms with Crippen LogP contribution in [-0.2, 0) is 14.1 Å². The maximum atomic E-state index is 4.77. The molecule has 3 heterocycles. The van der Waals surface area contributed by atoms with Crippen LogP contribution in [0.3, 0.4) is 0 Å². The fraction of sp³-hybridized carbons (Fsp3) is 0.304. The molecule has 0 amide bonds. The highest BCUT2D eigenvalue weighted by Gasteiger charge is 2.25. The average Bonchev–Trinajstić information content (AvgIpc) is 3.04. The van der Waals surface area contributed by atoms with Crippen LogP contribution in [0, 0.1) is 34.6 Å². The summed E-state index contributed by atoms with van der Waals surface area (Å²) < 4.78 is 6.76. The number of aryl methyl sites for hydroxylation is 6. The van der Waals surface area contributed by atoms with Gasteiger partial charge in [0.2, 0.25) is 17.2 Å². The lowest BCUT2D eigenvalue weighted by Gasteiger charge is -2.09. The highest BCUT2D eigenvalue weighted by atomic mass is 15.2. The molecule has 0 bridgehead atoms. The summed E-state index contributed by atoms with van der Waals surface area (Å²) >= 11 is 0. The van der Waals surface area contributed by atoms with E-state index in [0.717, 1.165) is 11.5 Å². The SMILES string of the molecule is Cc1ccc(-c2cccc(-c3c(C)n4c(C)c(C)nc4n3C)[n+]2C)c(C)c1. The Bertz CT molecular complexity index is 1190. The molecular weight excluding hydrogens is 332 g/mol. The molecule has 138 valence electrons. The van der Waals surface area contributed by atoms with E-state index in [0.29, 0.717) is 0 Å². The minimum Gasteiger partial charge on any atom is -0.308 e. The van der Waals surface area contributed by atoms with Crippen LogP contribution in [0.4, 0.5) is 0 Å². The molecule has 0 radical (unpaired) electrons. The number of hydrogen-bond acceptors (Lipinski definition) is 1. The Hall–Kier alpha value is -2.88. The van der Waals surface area contributed by atoms with E-state index in [4.69, 9.17) is 4.98 Å². The van der Waals surface area contributed by atoms with Crippen LogP contribution < -0.4 is 4.57 Å². The molecule has 0 aliphatic heterocycles. The van der Waals surface area contributed by atoms with Crippen LogP contribution in [-0.4, -0.2) is 14.0 Å². The van der Waals surface area contributed by atoms with Crippen molar-refractivity contribution in [3.8, 4) is 22.6 Å². The van der Waals surface area contributed by atoms with E-state index in [1.54, 1.807) is 0 Å². The summed E-state index contributed by atoms with van der Waals surface area (Å²) in [6, 6.07) is 13.2. The standard InChI is InChI=1S/C23H27N4/c1-14-11-12-19(15(2)13-14)20-9-8-10-21(25(20)6)22-18(5)27-17(4)16(3)24-23(27)26(22)7/h8-13H,1-7H3/q+1. The third-order valence-corrected chi connectivity index (χ3v) is 5.77. The molecule has 1 aromatic carbocycles. The molecule has 0 N–H and O–H groups in total. The lowest BCUT2D eigenvalue weighted by molar-refractivity contribution is -0.649. The monoisotopic (exact) mass is 359 g/mol. The smallest absolute Gasteiger partial charge is 0.231 e. The number of benzene rings is 1. The molecule has 0 saturated carbocycles. The van der Waals surface area contributed by atoms with E-state index in [-0.39, 0.29) is 0 Å². The van der Waals surface area contributed by atoms with Gasteiger partial charge in [0.15, 0.2) is 0 Å². The normalized spacial score (nSPS) is 11.5. The van der Waals surface area contributed by atoms with Crippen molar-refractivity contribution in [1.82, 2.24) is 14.0 Å². The largest absolute Gasteiger partial charge is 0.308 e. The number of pyridine rings is 1. The van der Waals surface area contributed by atoms with Crippen molar-refractivity contribution >= 4 is 5.78 Å². The van der Waals surface area contributed by atoms with Crippen LogP contribution in [0.2, 0.25) is 0 Å². The Morgan fingerprint density at radius 3 is 2.26 bits per heavy atom. The van der Waals surface area contributed by atoms with E-state index in [1.807, 2.05) is 0 Å². The zero-order valence-corrected chi connectivity index (χ0v) is 17.3. The van der Waals surface area contributed by atoms with E-state index in [2.05, 4.69) is 98.6 Å². The van der Waals surface area contributed by atoms with Gasteiger partial charge in [0.05, 0.1) is 11.4 Å². The first-order valence-corrected chi connectivity index (χ1v) is 9.39. The van der Waals surface area contributed by atoms with Gasteiger partial charge in [0.25, 0.3) is 0 Å². The van der Waals surface area contributed by atoms with Crippen LogP contribution in [0.1, 0.15) is 28.2 Å². The fourth-order valence-corrected chi connectivity index (χ4v) is 4.22. The predicted octanol–water partition coefficient (Wildman–Crippen LogP) is 4.37. The summed E-state index contributed by atoms with van der Waals surface area (Å²) in [6.45, 7) is 10.7. The van der Waals surface area contributed by atoms with Gasteiger partial charge in [-0.25, -0.2) is 4.98 Å². The molecule has 0 aliphatic carbocycles. The van der Waals surface area contributed by atoms with Crippen molar-refractivity contribution in [2.75, 3.05) is 0 Å². The molecule has 3 aromatic heterocycles. The van der Waals surface area contributed by atoms with Crippen molar-refractivity contribution in [3.63, 3.8) is 0 Å². The minimum atomic E-state index is 0.995. The predicted molar refractivity (Wildman–Crippen MR) is 110 cm³/mol. The quantitative estimate of drug-likeness (QED) is 0.488. The Balaban J connectivity index is 1.98. The first kappa shape index (κ1) is 17.5. The summed E-state index contributed by atoms with van der Waals surface area (Å²) in [5.74, 6) is 0.995. The summed E-state index contributed by atoms with van der Waals surface area (Å²) in [7, 11) is 4.25. The Labute approximate surface area is 160 Å². The molecule has 4 nitrogen and oxygen atoms in total. The van der Waals surface area contributed by atoms with Gasteiger partial charge in [-0.05, 0) is 52.3 Å². The van der Waals surface area contributed by atoms with Crippen molar-refractivity contribution in [2.24, 2.45) is 14.1 Å². The zero-order valence-electron chi connectivity index (χ0n) is 17.3. The lowest BCUT2D eigenvalue weighted by Crippen LogP contribution is -2.34. The second-order valence-corrected chi connectivity index (χ2v) is 7.58. The zero-order chi connectivity index (χ0) is 19.5. The second-order valence-electron chi connectivity index (χ2n) is 7.58. The van der Waals surface area contributed by atoms with Crippen molar-refractivity contribution in [3.05, 3.63) is 64.6 Å².